The number of hydrogen-bond acceptors (Lipinski definition) is 5. The van der Waals surface area contributed by atoms with Gasteiger partial charge >= 0.3 is 0 Å². The third-order valence-electron chi connectivity index (χ3n) is 4.57. The summed E-state index contributed by atoms with van der Waals surface area (Å²) in [6, 6.07) is 12.9. The molecule has 1 aliphatic heterocycles. The second kappa shape index (κ2) is 8.88. The van der Waals surface area contributed by atoms with E-state index in [0.717, 1.165) is 23.2 Å². The number of ether oxygens (including phenoxy) is 1. The fourth-order valence-electron chi connectivity index (χ4n) is 3.15. The molecule has 0 spiro atoms. The van der Waals surface area contributed by atoms with E-state index < -0.39 is 6.10 Å². The van der Waals surface area contributed by atoms with Gasteiger partial charge in [0.15, 0.2) is 0 Å². The first kappa shape index (κ1) is 19.2. The largest absolute Gasteiger partial charge is 0.508 e. The maximum Gasteiger partial charge on any atom is 0.224 e. The number of aryl methyl sites for hydroxylation is 1. The van der Waals surface area contributed by atoms with E-state index in [1.54, 1.807) is 18.2 Å². The number of carbonyl (C=O) groups excluding carboxylic acids is 1. The van der Waals surface area contributed by atoms with Gasteiger partial charge < -0.3 is 25.6 Å². The minimum absolute atomic E-state index is 0.0394. The Bertz CT molecular complexity index is 794. The molecule has 6 nitrogen and oxygen atoms in total. The number of phenolic OH excluding ortho intramolecular Hbond substituents is 1. The number of aliphatic hydroxyl groups excluding tert-OH is 1. The van der Waals surface area contributed by atoms with Crippen molar-refractivity contribution in [3.63, 3.8) is 0 Å². The third-order valence-corrected chi connectivity index (χ3v) is 4.57. The van der Waals surface area contributed by atoms with Gasteiger partial charge in [-0.05, 0) is 61.2 Å². The zero-order valence-corrected chi connectivity index (χ0v) is 15.4. The number of benzene rings is 2. The fourth-order valence-corrected chi connectivity index (χ4v) is 3.15. The van der Waals surface area contributed by atoms with Gasteiger partial charge in [0.2, 0.25) is 5.91 Å². The summed E-state index contributed by atoms with van der Waals surface area (Å²) in [5.74, 6) is 0.993. The molecule has 0 saturated heterocycles. The molecule has 4 N–H and O–H groups in total. The molecule has 2 aromatic rings. The summed E-state index contributed by atoms with van der Waals surface area (Å²) in [6.45, 7) is 2.65. The van der Waals surface area contributed by atoms with Gasteiger partial charge in [0.05, 0.1) is 0 Å². The molecule has 0 saturated carbocycles. The Morgan fingerprint density at radius 2 is 2.07 bits per heavy atom. The van der Waals surface area contributed by atoms with Crippen molar-refractivity contribution >= 4 is 11.6 Å². The first-order valence-electron chi connectivity index (χ1n) is 9.24. The number of anilines is 1. The van der Waals surface area contributed by atoms with Crippen LogP contribution in [0.1, 0.15) is 24.5 Å². The van der Waals surface area contributed by atoms with Gasteiger partial charge in [0, 0.05) is 24.7 Å². The summed E-state index contributed by atoms with van der Waals surface area (Å²) in [6.07, 6.45) is 1.32. The van der Waals surface area contributed by atoms with E-state index in [2.05, 4.69) is 10.6 Å². The van der Waals surface area contributed by atoms with Crippen LogP contribution in [0.25, 0.3) is 0 Å². The molecule has 0 bridgehead atoms. The first-order valence-corrected chi connectivity index (χ1v) is 9.24. The van der Waals surface area contributed by atoms with Gasteiger partial charge in [-0.1, -0.05) is 12.1 Å². The van der Waals surface area contributed by atoms with Crippen LogP contribution in [0.5, 0.6) is 11.5 Å². The summed E-state index contributed by atoms with van der Waals surface area (Å²) >= 11 is 0. The van der Waals surface area contributed by atoms with Crippen molar-refractivity contribution in [1.82, 2.24) is 5.32 Å². The van der Waals surface area contributed by atoms with Crippen LogP contribution in [-0.2, 0) is 17.6 Å². The summed E-state index contributed by atoms with van der Waals surface area (Å²) in [7, 11) is 0. The number of hydrogen-bond donors (Lipinski definition) is 4. The number of aliphatic hydroxyl groups is 1. The molecular formula is C21H26N2O4. The predicted octanol–water partition coefficient (Wildman–Crippen LogP) is 2.24. The van der Waals surface area contributed by atoms with Gasteiger partial charge in [0.25, 0.3) is 0 Å². The molecule has 3 rings (SSSR count). The van der Waals surface area contributed by atoms with Gasteiger partial charge in [0.1, 0.15) is 24.2 Å². The van der Waals surface area contributed by atoms with Crippen LogP contribution in [-0.4, -0.2) is 41.4 Å². The number of fused-ring (bicyclic) bond motifs is 1. The van der Waals surface area contributed by atoms with E-state index in [1.165, 1.54) is 0 Å². The third kappa shape index (κ3) is 5.70. The monoisotopic (exact) mass is 370 g/mol. The second-order valence-corrected chi connectivity index (χ2v) is 7.02. The lowest BCUT2D eigenvalue weighted by Crippen LogP contribution is -2.37. The molecule has 27 heavy (non-hydrogen) atoms. The Hall–Kier alpha value is -2.57. The average molecular weight is 370 g/mol. The topological polar surface area (TPSA) is 90.8 Å². The van der Waals surface area contributed by atoms with E-state index in [0.29, 0.717) is 25.1 Å². The maximum atomic E-state index is 11.4. The molecule has 144 valence electrons. The first-order chi connectivity index (χ1) is 13.0. The normalized spacial score (nSPS) is 15.6. The Labute approximate surface area is 159 Å². The molecule has 0 radical (unpaired) electrons. The number of nitrogens with one attached hydrogen (secondary N) is 2. The van der Waals surface area contributed by atoms with Gasteiger partial charge in [-0.15, -0.1) is 0 Å². The van der Waals surface area contributed by atoms with Crippen molar-refractivity contribution in [3.8, 4) is 11.5 Å². The Morgan fingerprint density at radius 3 is 2.89 bits per heavy atom. The summed E-state index contributed by atoms with van der Waals surface area (Å²) in [5.41, 5.74) is 2.93. The zero-order chi connectivity index (χ0) is 19.2. The molecule has 2 atom stereocenters. The van der Waals surface area contributed by atoms with Crippen LogP contribution in [0.15, 0.2) is 42.5 Å². The number of phenols is 1. The number of rotatable bonds is 8. The lowest BCUT2D eigenvalue weighted by atomic mass is 10.0. The molecular weight excluding hydrogens is 344 g/mol. The molecule has 2 unspecified atom stereocenters. The van der Waals surface area contributed by atoms with Crippen LogP contribution >= 0.6 is 0 Å². The van der Waals surface area contributed by atoms with Crippen LogP contribution in [0.2, 0.25) is 0 Å². The van der Waals surface area contributed by atoms with Crippen molar-refractivity contribution in [2.24, 2.45) is 0 Å². The lowest BCUT2D eigenvalue weighted by Gasteiger charge is -2.20. The number of aromatic hydroxyl groups is 1. The van der Waals surface area contributed by atoms with E-state index in [4.69, 9.17) is 4.74 Å². The van der Waals surface area contributed by atoms with Crippen LogP contribution < -0.4 is 15.4 Å². The Morgan fingerprint density at radius 1 is 1.22 bits per heavy atom. The smallest absolute Gasteiger partial charge is 0.224 e. The van der Waals surface area contributed by atoms with E-state index in [1.807, 2.05) is 31.2 Å². The van der Waals surface area contributed by atoms with Gasteiger partial charge in [-0.3, -0.25) is 4.79 Å². The number of amides is 1. The summed E-state index contributed by atoms with van der Waals surface area (Å²) < 4.78 is 5.69. The van der Waals surface area contributed by atoms with E-state index in [9.17, 15) is 15.0 Å². The van der Waals surface area contributed by atoms with Crippen molar-refractivity contribution < 1.29 is 19.7 Å². The molecule has 2 aromatic carbocycles. The quantitative estimate of drug-likeness (QED) is 0.572. The maximum absolute atomic E-state index is 11.4. The van der Waals surface area contributed by atoms with E-state index >= 15 is 0 Å². The molecule has 1 aliphatic rings. The zero-order valence-electron chi connectivity index (χ0n) is 15.4. The molecule has 6 heteroatoms. The van der Waals surface area contributed by atoms with Crippen molar-refractivity contribution in [1.29, 1.82) is 0 Å². The molecule has 0 fully saturated rings. The highest BCUT2D eigenvalue weighted by Crippen LogP contribution is 2.26. The fraction of sp³-hybridized carbons (Fsp3) is 0.381. The second-order valence-electron chi connectivity index (χ2n) is 7.02. The predicted molar refractivity (Wildman–Crippen MR) is 104 cm³/mol. The highest BCUT2D eigenvalue weighted by molar-refractivity contribution is 5.93. The standard InChI is InChI=1S/C21H26N2O4/c1-14(9-15-3-2-4-17(24)10-15)22-12-18(25)13-27-19-6-7-20-16(11-19)5-8-21(26)23-20/h2-4,6-7,10-11,14,18,22,24-25H,5,8-9,12-13H2,1H3,(H,23,26). The van der Waals surface area contributed by atoms with Crippen LogP contribution in [0.3, 0.4) is 0 Å². The Balaban J connectivity index is 1.42. The molecule has 0 aliphatic carbocycles. The van der Waals surface area contributed by atoms with Crippen molar-refractivity contribution in [3.05, 3.63) is 53.6 Å². The van der Waals surface area contributed by atoms with Crippen LogP contribution in [0, 0.1) is 0 Å². The summed E-state index contributed by atoms with van der Waals surface area (Å²) in [5, 5.41) is 25.8. The minimum atomic E-state index is -0.632. The Kier molecular flexibility index (Phi) is 6.32. The molecule has 1 amide bonds. The van der Waals surface area contributed by atoms with E-state index in [-0.39, 0.29) is 24.3 Å². The average Bonchev–Trinajstić information content (AvgIpc) is 2.64. The van der Waals surface area contributed by atoms with Crippen LogP contribution in [0.4, 0.5) is 5.69 Å². The van der Waals surface area contributed by atoms with Crippen molar-refractivity contribution in [2.75, 3.05) is 18.5 Å². The highest BCUT2D eigenvalue weighted by Gasteiger charge is 2.15. The lowest BCUT2D eigenvalue weighted by molar-refractivity contribution is -0.116. The van der Waals surface area contributed by atoms with Gasteiger partial charge in [-0.2, -0.15) is 0 Å². The SMILES string of the molecule is CC(Cc1cccc(O)c1)NCC(O)COc1ccc2c(c1)CCC(=O)N2. The minimum Gasteiger partial charge on any atom is -0.508 e. The molecule has 1 heterocycles. The van der Waals surface area contributed by atoms with Crippen molar-refractivity contribution in [2.45, 2.75) is 38.3 Å². The highest BCUT2D eigenvalue weighted by atomic mass is 16.5. The molecule has 0 aromatic heterocycles. The summed E-state index contributed by atoms with van der Waals surface area (Å²) in [4.78, 5) is 11.4. The van der Waals surface area contributed by atoms with Gasteiger partial charge in [-0.25, -0.2) is 0 Å². The number of carbonyl (C=O) groups is 1.